The van der Waals surface area contributed by atoms with Gasteiger partial charge >= 0.3 is 0 Å². The summed E-state index contributed by atoms with van der Waals surface area (Å²) in [5.74, 6) is -0.211. The standard InChI is InChI=1S/C12H18BrN3O2/c1-3-14-11(17)5-6-15-12(18)10-7-9(13)8-16(10)4-2/h7-8H,3-6H2,1-2H3,(H,14,17)(H,15,18). The lowest BCUT2D eigenvalue weighted by molar-refractivity contribution is -0.120. The van der Waals surface area contributed by atoms with E-state index in [1.165, 1.54) is 0 Å². The van der Waals surface area contributed by atoms with E-state index in [1.807, 2.05) is 24.6 Å². The number of rotatable bonds is 6. The lowest BCUT2D eigenvalue weighted by Gasteiger charge is -2.07. The number of carbonyl (C=O) groups excluding carboxylic acids is 2. The van der Waals surface area contributed by atoms with E-state index in [0.29, 0.717) is 25.2 Å². The molecule has 2 amide bonds. The molecule has 1 aromatic heterocycles. The number of halogens is 1. The highest BCUT2D eigenvalue weighted by molar-refractivity contribution is 9.10. The van der Waals surface area contributed by atoms with Crippen LogP contribution in [-0.4, -0.2) is 29.5 Å². The van der Waals surface area contributed by atoms with E-state index < -0.39 is 0 Å². The highest BCUT2D eigenvalue weighted by atomic mass is 79.9. The number of hydrogen-bond acceptors (Lipinski definition) is 2. The normalized spacial score (nSPS) is 10.2. The van der Waals surface area contributed by atoms with Crippen LogP contribution in [-0.2, 0) is 11.3 Å². The predicted octanol–water partition coefficient (Wildman–Crippen LogP) is 1.53. The number of aromatic nitrogens is 1. The molecule has 1 heterocycles. The van der Waals surface area contributed by atoms with Gasteiger partial charge < -0.3 is 15.2 Å². The van der Waals surface area contributed by atoms with E-state index in [1.54, 1.807) is 6.07 Å². The number of aryl methyl sites for hydroxylation is 1. The summed E-state index contributed by atoms with van der Waals surface area (Å²) in [7, 11) is 0. The molecule has 0 bridgehead atoms. The average Bonchev–Trinajstić information content (AvgIpc) is 2.70. The largest absolute Gasteiger partial charge is 0.356 e. The maximum Gasteiger partial charge on any atom is 0.267 e. The smallest absolute Gasteiger partial charge is 0.267 e. The van der Waals surface area contributed by atoms with Crippen molar-refractivity contribution in [3.8, 4) is 0 Å². The van der Waals surface area contributed by atoms with Crippen molar-refractivity contribution in [2.24, 2.45) is 0 Å². The van der Waals surface area contributed by atoms with Crippen LogP contribution in [0.5, 0.6) is 0 Å². The third kappa shape index (κ3) is 4.18. The molecular formula is C12H18BrN3O2. The van der Waals surface area contributed by atoms with Crippen molar-refractivity contribution in [1.29, 1.82) is 0 Å². The molecule has 0 saturated carbocycles. The second kappa shape index (κ2) is 7.20. The number of nitrogens with zero attached hydrogens (tertiary/aromatic N) is 1. The highest BCUT2D eigenvalue weighted by Gasteiger charge is 2.12. The summed E-state index contributed by atoms with van der Waals surface area (Å²) in [6, 6.07) is 1.77. The predicted molar refractivity (Wildman–Crippen MR) is 73.4 cm³/mol. The minimum absolute atomic E-state index is 0.0511. The first-order valence-electron chi connectivity index (χ1n) is 5.99. The SMILES string of the molecule is CCNC(=O)CCNC(=O)c1cc(Br)cn1CC. The maximum atomic E-state index is 11.9. The van der Waals surface area contributed by atoms with Gasteiger partial charge in [0, 0.05) is 36.7 Å². The summed E-state index contributed by atoms with van der Waals surface area (Å²) in [5, 5.41) is 5.42. The quantitative estimate of drug-likeness (QED) is 0.836. The topological polar surface area (TPSA) is 63.1 Å². The molecule has 0 radical (unpaired) electrons. The van der Waals surface area contributed by atoms with E-state index in [9.17, 15) is 9.59 Å². The van der Waals surface area contributed by atoms with Gasteiger partial charge in [-0.2, -0.15) is 0 Å². The van der Waals surface area contributed by atoms with E-state index in [4.69, 9.17) is 0 Å². The van der Waals surface area contributed by atoms with Gasteiger partial charge in [0.1, 0.15) is 5.69 Å². The second-order valence-corrected chi connectivity index (χ2v) is 4.70. The molecule has 1 aromatic rings. The molecule has 2 N–H and O–H groups in total. The number of carbonyl (C=O) groups is 2. The van der Waals surface area contributed by atoms with Gasteiger partial charge in [0.15, 0.2) is 0 Å². The van der Waals surface area contributed by atoms with Gasteiger partial charge in [-0.3, -0.25) is 9.59 Å². The van der Waals surface area contributed by atoms with Gasteiger partial charge in [-0.15, -0.1) is 0 Å². The first-order chi connectivity index (χ1) is 8.58. The second-order valence-electron chi connectivity index (χ2n) is 3.79. The Bertz CT molecular complexity index is 429. The minimum Gasteiger partial charge on any atom is -0.356 e. The zero-order valence-electron chi connectivity index (χ0n) is 10.6. The van der Waals surface area contributed by atoms with Crippen molar-refractivity contribution in [3.63, 3.8) is 0 Å². The summed E-state index contributed by atoms with van der Waals surface area (Å²) in [4.78, 5) is 23.1. The van der Waals surface area contributed by atoms with Gasteiger partial charge in [-0.25, -0.2) is 0 Å². The van der Waals surface area contributed by atoms with Crippen LogP contribution < -0.4 is 10.6 Å². The Labute approximate surface area is 115 Å². The van der Waals surface area contributed by atoms with Gasteiger partial charge in [0.25, 0.3) is 5.91 Å². The van der Waals surface area contributed by atoms with Crippen LogP contribution in [0, 0.1) is 0 Å². The Hall–Kier alpha value is -1.30. The molecular weight excluding hydrogens is 298 g/mol. The first-order valence-corrected chi connectivity index (χ1v) is 6.78. The summed E-state index contributed by atoms with van der Waals surface area (Å²) < 4.78 is 2.73. The van der Waals surface area contributed by atoms with Crippen LogP contribution in [0.1, 0.15) is 30.8 Å². The fourth-order valence-electron chi connectivity index (χ4n) is 1.59. The number of nitrogens with one attached hydrogen (secondary N) is 2. The third-order valence-electron chi connectivity index (χ3n) is 2.45. The molecule has 0 spiro atoms. The molecule has 5 nitrogen and oxygen atoms in total. The molecule has 100 valence electrons. The Morgan fingerprint density at radius 3 is 2.67 bits per heavy atom. The lowest BCUT2D eigenvalue weighted by atomic mass is 10.3. The zero-order chi connectivity index (χ0) is 13.5. The molecule has 18 heavy (non-hydrogen) atoms. The first kappa shape index (κ1) is 14.8. The van der Waals surface area contributed by atoms with Crippen LogP contribution in [0.25, 0.3) is 0 Å². The fourth-order valence-corrected chi connectivity index (χ4v) is 2.06. The van der Waals surface area contributed by atoms with Crippen LogP contribution >= 0.6 is 15.9 Å². The van der Waals surface area contributed by atoms with Crippen molar-refractivity contribution < 1.29 is 9.59 Å². The zero-order valence-corrected chi connectivity index (χ0v) is 12.2. The number of amides is 2. The monoisotopic (exact) mass is 315 g/mol. The van der Waals surface area contributed by atoms with Crippen molar-refractivity contribution in [2.75, 3.05) is 13.1 Å². The number of hydrogen-bond donors (Lipinski definition) is 2. The molecule has 0 aromatic carbocycles. The van der Waals surface area contributed by atoms with E-state index >= 15 is 0 Å². The van der Waals surface area contributed by atoms with Crippen molar-refractivity contribution in [2.45, 2.75) is 26.8 Å². The maximum absolute atomic E-state index is 11.9. The van der Waals surface area contributed by atoms with Crippen LogP contribution in [0.3, 0.4) is 0 Å². The van der Waals surface area contributed by atoms with Crippen LogP contribution in [0.15, 0.2) is 16.7 Å². The summed E-state index contributed by atoms with van der Waals surface area (Å²) >= 11 is 3.34. The molecule has 6 heteroatoms. The van der Waals surface area contributed by atoms with Crippen molar-refractivity contribution in [1.82, 2.24) is 15.2 Å². The molecule has 0 aliphatic heterocycles. The van der Waals surface area contributed by atoms with Crippen LogP contribution in [0.4, 0.5) is 0 Å². The van der Waals surface area contributed by atoms with Crippen molar-refractivity contribution in [3.05, 3.63) is 22.4 Å². The van der Waals surface area contributed by atoms with Gasteiger partial charge in [0.2, 0.25) is 5.91 Å². The van der Waals surface area contributed by atoms with E-state index in [0.717, 1.165) is 11.0 Å². The van der Waals surface area contributed by atoms with Crippen molar-refractivity contribution >= 4 is 27.7 Å². The Morgan fingerprint density at radius 1 is 1.33 bits per heavy atom. The Kier molecular flexibility index (Phi) is 5.91. The summed E-state index contributed by atoms with van der Waals surface area (Å²) in [6.45, 7) is 5.51. The lowest BCUT2D eigenvalue weighted by Crippen LogP contribution is -2.31. The Morgan fingerprint density at radius 2 is 2.06 bits per heavy atom. The molecule has 0 unspecified atom stereocenters. The molecule has 0 saturated heterocycles. The van der Waals surface area contributed by atoms with Gasteiger partial charge in [-0.05, 0) is 35.8 Å². The Balaban J connectivity index is 2.47. The van der Waals surface area contributed by atoms with Crippen LogP contribution in [0.2, 0.25) is 0 Å². The highest BCUT2D eigenvalue weighted by Crippen LogP contribution is 2.14. The van der Waals surface area contributed by atoms with Gasteiger partial charge in [0.05, 0.1) is 0 Å². The third-order valence-corrected chi connectivity index (χ3v) is 2.88. The van der Waals surface area contributed by atoms with E-state index in [2.05, 4.69) is 26.6 Å². The minimum atomic E-state index is -0.160. The summed E-state index contributed by atoms with van der Waals surface area (Å²) in [5.41, 5.74) is 0.597. The average molecular weight is 316 g/mol. The molecule has 0 atom stereocenters. The summed E-state index contributed by atoms with van der Waals surface area (Å²) in [6.07, 6.45) is 2.16. The van der Waals surface area contributed by atoms with E-state index in [-0.39, 0.29) is 11.8 Å². The van der Waals surface area contributed by atoms with Gasteiger partial charge in [-0.1, -0.05) is 0 Å². The fraction of sp³-hybridized carbons (Fsp3) is 0.500. The molecule has 0 aliphatic carbocycles. The molecule has 0 aliphatic rings. The molecule has 0 fully saturated rings. The molecule has 1 rings (SSSR count).